The summed E-state index contributed by atoms with van der Waals surface area (Å²) in [6.07, 6.45) is 5.83. The lowest BCUT2D eigenvalue weighted by Gasteiger charge is -2.08. The van der Waals surface area contributed by atoms with Crippen LogP contribution in [0.5, 0.6) is 11.5 Å². The molecule has 0 fully saturated rings. The maximum Gasteiger partial charge on any atom is 0.337 e. The Bertz CT molecular complexity index is 1100. The second-order valence-electron chi connectivity index (χ2n) is 6.32. The molecule has 6 nitrogen and oxygen atoms in total. The highest BCUT2D eigenvalue weighted by Crippen LogP contribution is 2.25. The van der Waals surface area contributed by atoms with Crippen molar-refractivity contribution in [1.82, 2.24) is 4.98 Å². The molecule has 3 aromatic rings. The number of ether oxygens (including phenoxy) is 2. The summed E-state index contributed by atoms with van der Waals surface area (Å²) in [7, 11) is 1.29. The zero-order chi connectivity index (χ0) is 21.5. The Kier molecular flexibility index (Phi) is 6.54. The number of nitrogens with zero attached hydrogens (tertiary/aromatic N) is 1. The molecule has 0 radical (unpaired) electrons. The van der Waals surface area contributed by atoms with Crippen molar-refractivity contribution in [2.45, 2.75) is 6.92 Å². The van der Waals surface area contributed by atoms with Gasteiger partial charge in [0.1, 0.15) is 5.75 Å². The maximum absolute atomic E-state index is 14.3. The van der Waals surface area contributed by atoms with E-state index in [2.05, 4.69) is 15.0 Å². The Hall–Kier alpha value is -4.00. The fraction of sp³-hybridized carbons (Fsp3) is 0.0870. The number of halogens is 1. The van der Waals surface area contributed by atoms with Crippen molar-refractivity contribution in [3.05, 3.63) is 89.5 Å². The van der Waals surface area contributed by atoms with Crippen LogP contribution in [0.1, 0.15) is 21.5 Å². The first-order valence-corrected chi connectivity index (χ1v) is 9.02. The number of esters is 1. The quantitative estimate of drug-likeness (QED) is 0.472. The molecule has 30 heavy (non-hydrogen) atoms. The molecule has 0 aliphatic rings. The molecule has 0 atom stereocenters. The molecule has 1 N–H and O–H groups in total. The number of methoxy groups -OCH3 is 1. The molecule has 0 unspecified atom stereocenters. The highest BCUT2D eigenvalue weighted by molar-refractivity contribution is 6.03. The van der Waals surface area contributed by atoms with Crippen LogP contribution in [0.2, 0.25) is 0 Å². The molecular formula is C23H19FN2O4. The van der Waals surface area contributed by atoms with Crippen LogP contribution >= 0.6 is 0 Å². The Morgan fingerprint density at radius 3 is 2.67 bits per heavy atom. The number of carbonyl (C=O) groups is 2. The zero-order valence-electron chi connectivity index (χ0n) is 16.4. The van der Waals surface area contributed by atoms with Crippen molar-refractivity contribution in [3.8, 4) is 11.5 Å². The van der Waals surface area contributed by atoms with Gasteiger partial charge >= 0.3 is 5.97 Å². The van der Waals surface area contributed by atoms with Gasteiger partial charge in [-0.3, -0.25) is 9.78 Å². The number of aromatic nitrogens is 1. The van der Waals surface area contributed by atoms with E-state index < -0.39 is 17.7 Å². The number of amides is 1. The summed E-state index contributed by atoms with van der Waals surface area (Å²) in [6.45, 7) is 1.80. The molecule has 0 spiro atoms. The van der Waals surface area contributed by atoms with Crippen LogP contribution in [0.3, 0.4) is 0 Å². The Morgan fingerprint density at radius 2 is 1.97 bits per heavy atom. The van der Waals surface area contributed by atoms with Crippen molar-refractivity contribution < 1.29 is 23.5 Å². The van der Waals surface area contributed by atoms with E-state index in [0.29, 0.717) is 22.6 Å². The number of carbonyl (C=O) groups excluding carboxylic acids is 2. The highest BCUT2D eigenvalue weighted by atomic mass is 19.1. The predicted octanol–water partition coefficient (Wildman–Crippen LogP) is 4.76. The predicted molar refractivity (Wildman–Crippen MR) is 111 cm³/mol. The zero-order valence-corrected chi connectivity index (χ0v) is 16.4. The van der Waals surface area contributed by atoms with Gasteiger partial charge in [0.25, 0.3) is 0 Å². The largest absolute Gasteiger partial charge is 0.465 e. The van der Waals surface area contributed by atoms with Gasteiger partial charge in [0.2, 0.25) is 5.91 Å². The van der Waals surface area contributed by atoms with Gasteiger partial charge in [-0.15, -0.1) is 0 Å². The molecule has 0 aliphatic heterocycles. The minimum atomic E-state index is -0.567. The average Bonchev–Trinajstić information content (AvgIpc) is 2.75. The van der Waals surface area contributed by atoms with Crippen LogP contribution in [0, 0.1) is 12.7 Å². The molecule has 152 valence electrons. The summed E-state index contributed by atoms with van der Waals surface area (Å²) in [5, 5.41) is 2.70. The standard InChI is InChI=1S/C23H19FN2O4/c1-15-5-8-17(23(28)29-2)13-20(15)26-22(27)10-7-16-6-9-21(19(24)12-16)30-18-4-3-11-25-14-18/h3-14H,1-2H3,(H,26,27)/b10-7+. The number of pyridine rings is 1. The van der Waals surface area contributed by atoms with E-state index in [1.807, 2.05) is 0 Å². The molecule has 2 aromatic carbocycles. The van der Waals surface area contributed by atoms with E-state index in [9.17, 15) is 14.0 Å². The average molecular weight is 406 g/mol. The number of aryl methyl sites for hydroxylation is 1. The van der Waals surface area contributed by atoms with E-state index in [1.54, 1.807) is 43.5 Å². The van der Waals surface area contributed by atoms with E-state index in [0.717, 1.165) is 5.56 Å². The van der Waals surface area contributed by atoms with Gasteiger partial charge in [0, 0.05) is 18.0 Å². The molecule has 0 aliphatic carbocycles. The second-order valence-corrected chi connectivity index (χ2v) is 6.32. The van der Waals surface area contributed by atoms with Crippen molar-refractivity contribution in [2.75, 3.05) is 12.4 Å². The van der Waals surface area contributed by atoms with Gasteiger partial charge in [-0.25, -0.2) is 9.18 Å². The van der Waals surface area contributed by atoms with Gasteiger partial charge < -0.3 is 14.8 Å². The van der Waals surface area contributed by atoms with Gasteiger partial charge in [-0.2, -0.15) is 0 Å². The van der Waals surface area contributed by atoms with Crippen molar-refractivity contribution in [3.63, 3.8) is 0 Å². The van der Waals surface area contributed by atoms with E-state index in [1.165, 1.54) is 43.7 Å². The highest BCUT2D eigenvalue weighted by Gasteiger charge is 2.10. The summed E-state index contributed by atoms with van der Waals surface area (Å²) >= 11 is 0. The Morgan fingerprint density at radius 1 is 1.13 bits per heavy atom. The molecule has 0 saturated heterocycles. The maximum atomic E-state index is 14.3. The molecule has 1 amide bonds. The number of anilines is 1. The Labute approximate surface area is 173 Å². The van der Waals surface area contributed by atoms with Crippen LogP contribution in [0.15, 0.2) is 67.0 Å². The summed E-state index contributed by atoms with van der Waals surface area (Å²) in [5.41, 5.74) is 2.08. The number of benzene rings is 2. The smallest absolute Gasteiger partial charge is 0.337 e. The second kappa shape index (κ2) is 9.47. The molecular weight excluding hydrogens is 387 g/mol. The topological polar surface area (TPSA) is 77.5 Å². The molecule has 0 saturated carbocycles. The van der Waals surface area contributed by atoms with Crippen LogP contribution in [-0.2, 0) is 9.53 Å². The van der Waals surface area contributed by atoms with Gasteiger partial charge in [0.05, 0.1) is 18.9 Å². The number of hydrogen-bond donors (Lipinski definition) is 1. The number of hydrogen-bond acceptors (Lipinski definition) is 5. The van der Waals surface area contributed by atoms with Gasteiger partial charge in [-0.05, 0) is 60.5 Å². The lowest BCUT2D eigenvalue weighted by molar-refractivity contribution is -0.111. The number of rotatable bonds is 6. The third-order valence-electron chi connectivity index (χ3n) is 4.16. The first-order valence-electron chi connectivity index (χ1n) is 9.02. The van der Waals surface area contributed by atoms with Crippen molar-refractivity contribution in [1.29, 1.82) is 0 Å². The Balaban J connectivity index is 1.68. The summed E-state index contributed by atoms with van der Waals surface area (Å²) in [4.78, 5) is 27.8. The summed E-state index contributed by atoms with van der Waals surface area (Å²) in [6, 6.07) is 12.6. The monoisotopic (exact) mass is 406 g/mol. The van der Waals surface area contributed by atoms with Crippen LogP contribution in [-0.4, -0.2) is 24.0 Å². The third kappa shape index (κ3) is 5.29. The fourth-order valence-corrected chi connectivity index (χ4v) is 2.59. The SMILES string of the molecule is COC(=O)c1ccc(C)c(NC(=O)/C=C/c2ccc(Oc3cccnc3)c(F)c2)c1. The van der Waals surface area contributed by atoms with Gasteiger partial charge in [-0.1, -0.05) is 12.1 Å². The molecule has 1 heterocycles. The van der Waals surface area contributed by atoms with Crippen LogP contribution < -0.4 is 10.1 Å². The fourth-order valence-electron chi connectivity index (χ4n) is 2.59. The van der Waals surface area contributed by atoms with Crippen molar-refractivity contribution >= 4 is 23.6 Å². The van der Waals surface area contributed by atoms with Gasteiger partial charge in [0.15, 0.2) is 11.6 Å². The summed E-state index contributed by atoms with van der Waals surface area (Å²) in [5.74, 6) is -1.01. The lowest BCUT2D eigenvalue weighted by Crippen LogP contribution is -2.10. The molecule has 3 rings (SSSR count). The summed E-state index contributed by atoms with van der Waals surface area (Å²) < 4.78 is 24.4. The lowest BCUT2D eigenvalue weighted by atomic mass is 10.1. The molecule has 1 aromatic heterocycles. The van der Waals surface area contributed by atoms with Crippen LogP contribution in [0.4, 0.5) is 10.1 Å². The number of nitrogens with one attached hydrogen (secondary N) is 1. The minimum Gasteiger partial charge on any atom is -0.465 e. The molecule has 0 bridgehead atoms. The van der Waals surface area contributed by atoms with E-state index >= 15 is 0 Å². The van der Waals surface area contributed by atoms with Crippen LogP contribution in [0.25, 0.3) is 6.08 Å². The van der Waals surface area contributed by atoms with E-state index in [-0.39, 0.29) is 5.75 Å². The first-order chi connectivity index (χ1) is 14.5. The minimum absolute atomic E-state index is 0.0554. The normalized spacial score (nSPS) is 10.6. The third-order valence-corrected chi connectivity index (χ3v) is 4.16. The molecule has 7 heteroatoms. The van der Waals surface area contributed by atoms with E-state index in [4.69, 9.17) is 4.74 Å². The van der Waals surface area contributed by atoms with Crippen molar-refractivity contribution in [2.24, 2.45) is 0 Å². The first kappa shape index (κ1) is 20.7.